The van der Waals surface area contributed by atoms with Gasteiger partial charge >= 0.3 is 0 Å². The van der Waals surface area contributed by atoms with Crippen LogP contribution in [0.25, 0.3) is 0 Å². The van der Waals surface area contributed by atoms with Crippen LogP contribution in [0.4, 0.5) is 0 Å². The summed E-state index contributed by atoms with van der Waals surface area (Å²) in [4.78, 5) is 3.07. The van der Waals surface area contributed by atoms with Crippen molar-refractivity contribution in [2.45, 2.75) is 27.7 Å². The molecule has 0 aliphatic carbocycles. The molecule has 0 saturated heterocycles. The van der Waals surface area contributed by atoms with Gasteiger partial charge in [0.2, 0.25) is 0 Å². The summed E-state index contributed by atoms with van der Waals surface area (Å²) in [5.41, 5.74) is 2.60. The molecule has 52 valence electrons. The number of hydrogen-bond donors (Lipinski definition) is 1. The standard InChI is InChI=1S/C6H9N.C2H6/c1-5-3-4-7-6(5)2;1-2/h3-4,7H,1-2H3;1-2H3. The predicted octanol–water partition coefficient (Wildman–Crippen LogP) is 2.66. The van der Waals surface area contributed by atoms with Gasteiger partial charge in [0.1, 0.15) is 0 Å². The van der Waals surface area contributed by atoms with Crippen molar-refractivity contribution >= 4 is 0 Å². The molecule has 1 N–H and O–H groups in total. The number of hydrogen-bond acceptors (Lipinski definition) is 0. The highest BCUT2D eigenvalue weighted by Crippen LogP contribution is 1.99. The lowest BCUT2D eigenvalue weighted by Gasteiger charge is -1.81. The van der Waals surface area contributed by atoms with E-state index in [1.165, 1.54) is 11.3 Å². The highest BCUT2D eigenvalue weighted by atomic mass is 14.7. The maximum Gasteiger partial charge on any atom is 0.0145 e. The van der Waals surface area contributed by atoms with E-state index in [0.717, 1.165) is 0 Å². The van der Waals surface area contributed by atoms with Gasteiger partial charge in [-0.3, -0.25) is 0 Å². The topological polar surface area (TPSA) is 15.8 Å². The molecule has 0 saturated carbocycles. The molecule has 1 heterocycles. The lowest BCUT2D eigenvalue weighted by Crippen LogP contribution is -1.69. The maximum atomic E-state index is 3.07. The molecule has 1 aromatic heterocycles. The third kappa shape index (κ3) is 2.36. The van der Waals surface area contributed by atoms with Gasteiger partial charge in [-0.15, -0.1) is 0 Å². The van der Waals surface area contributed by atoms with E-state index in [1.807, 2.05) is 20.0 Å². The number of aromatic nitrogens is 1. The van der Waals surface area contributed by atoms with Crippen LogP contribution < -0.4 is 0 Å². The van der Waals surface area contributed by atoms with E-state index in [1.54, 1.807) is 0 Å². The third-order valence-electron chi connectivity index (χ3n) is 1.22. The molecule has 0 aliphatic rings. The van der Waals surface area contributed by atoms with Crippen molar-refractivity contribution < 1.29 is 0 Å². The number of aryl methyl sites for hydroxylation is 2. The fourth-order valence-corrected chi connectivity index (χ4v) is 0.531. The highest BCUT2D eigenvalue weighted by molar-refractivity contribution is 5.15. The van der Waals surface area contributed by atoms with Crippen LogP contribution in [-0.2, 0) is 0 Å². The first-order chi connectivity index (χ1) is 4.30. The second-order valence-electron chi connectivity index (χ2n) is 1.79. The normalized spacial score (nSPS) is 8.00. The molecule has 0 radical (unpaired) electrons. The molecular weight excluding hydrogens is 110 g/mol. The SMILES string of the molecule is CC.Cc1cc[nH]c1C. The monoisotopic (exact) mass is 125 g/mol. The van der Waals surface area contributed by atoms with Crippen LogP contribution in [0.1, 0.15) is 25.1 Å². The molecule has 0 atom stereocenters. The molecule has 1 aromatic rings. The van der Waals surface area contributed by atoms with Gasteiger partial charge < -0.3 is 4.98 Å². The first-order valence-electron chi connectivity index (χ1n) is 3.41. The molecule has 9 heavy (non-hydrogen) atoms. The van der Waals surface area contributed by atoms with E-state index in [4.69, 9.17) is 0 Å². The van der Waals surface area contributed by atoms with E-state index >= 15 is 0 Å². The molecule has 0 bridgehead atoms. The molecule has 1 rings (SSSR count). The van der Waals surface area contributed by atoms with Gasteiger partial charge in [-0.2, -0.15) is 0 Å². The van der Waals surface area contributed by atoms with Crippen molar-refractivity contribution in [3.8, 4) is 0 Å². The summed E-state index contributed by atoms with van der Waals surface area (Å²) < 4.78 is 0. The predicted molar refractivity (Wildman–Crippen MR) is 41.6 cm³/mol. The minimum absolute atomic E-state index is 1.26. The Morgan fingerprint density at radius 2 is 1.78 bits per heavy atom. The quantitative estimate of drug-likeness (QED) is 0.548. The minimum Gasteiger partial charge on any atom is -0.365 e. The van der Waals surface area contributed by atoms with Crippen molar-refractivity contribution in [1.29, 1.82) is 0 Å². The molecule has 0 aromatic carbocycles. The first-order valence-corrected chi connectivity index (χ1v) is 3.41. The van der Waals surface area contributed by atoms with E-state index < -0.39 is 0 Å². The van der Waals surface area contributed by atoms with Crippen LogP contribution >= 0.6 is 0 Å². The summed E-state index contributed by atoms with van der Waals surface area (Å²) in [6, 6.07) is 2.06. The average Bonchev–Trinajstić information content (AvgIpc) is 2.23. The Kier molecular flexibility index (Phi) is 3.85. The van der Waals surface area contributed by atoms with Crippen molar-refractivity contribution in [1.82, 2.24) is 4.98 Å². The minimum atomic E-state index is 1.26. The summed E-state index contributed by atoms with van der Waals surface area (Å²) in [5, 5.41) is 0. The molecule has 0 amide bonds. The van der Waals surface area contributed by atoms with Gasteiger partial charge in [0.25, 0.3) is 0 Å². The van der Waals surface area contributed by atoms with Crippen molar-refractivity contribution in [3.05, 3.63) is 23.5 Å². The zero-order valence-electron chi connectivity index (χ0n) is 6.65. The molecular formula is C8H15N. The van der Waals surface area contributed by atoms with Gasteiger partial charge in [0.15, 0.2) is 0 Å². The van der Waals surface area contributed by atoms with Crippen molar-refractivity contribution in [2.75, 3.05) is 0 Å². The van der Waals surface area contributed by atoms with E-state index in [0.29, 0.717) is 0 Å². The largest absolute Gasteiger partial charge is 0.365 e. The van der Waals surface area contributed by atoms with Gasteiger partial charge in [-0.1, -0.05) is 13.8 Å². The molecule has 0 spiro atoms. The smallest absolute Gasteiger partial charge is 0.0145 e. The van der Waals surface area contributed by atoms with Crippen LogP contribution in [0.15, 0.2) is 12.3 Å². The maximum absolute atomic E-state index is 3.07. The van der Waals surface area contributed by atoms with E-state index in [2.05, 4.69) is 24.9 Å². The highest BCUT2D eigenvalue weighted by Gasteiger charge is 1.85. The van der Waals surface area contributed by atoms with Gasteiger partial charge in [-0.25, -0.2) is 0 Å². The summed E-state index contributed by atoms with van der Waals surface area (Å²) >= 11 is 0. The number of H-pyrrole nitrogens is 1. The molecule has 1 nitrogen and oxygen atoms in total. The van der Waals surface area contributed by atoms with Crippen molar-refractivity contribution in [2.24, 2.45) is 0 Å². The fraction of sp³-hybridized carbons (Fsp3) is 0.500. The number of nitrogens with one attached hydrogen (secondary N) is 1. The van der Waals surface area contributed by atoms with Gasteiger partial charge in [0.05, 0.1) is 0 Å². The zero-order valence-corrected chi connectivity index (χ0v) is 6.65. The summed E-state index contributed by atoms with van der Waals surface area (Å²) in [6.07, 6.45) is 1.95. The Morgan fingerprint density at radius 3 is 1.89 bits per heavy atom. The number of aromatic amines is 1. The Bertz CT molecular complexity index is 137. The van der Waals surface area contributed by atoms with Crippen LogP contribution in [0.5, 0.6) is 0 Å². The Morgan fingerprint density at radius 1 is 1.22 bits per heavy atom. The van der Waals surface area contributed by atoms with Crippen LogP contribution in [0, 0.1) is 13.8 Å². The molecule has 0 fully saturated rings. The first kappa shape index (κ1) is 8.28. The Labute approximate surface area is 57.1 Å². The van der Waals surface area contributed by atoms with E-state index in [9.17, 15) is 0 Å². The average molecular weight is 125 g/mol. The number of rotatable bonds is 0. The summed E-state index contributed by atoms with van der Waals surface area (Å²) in [5.74, 6) is 0. The summed E-state index contributed by atoms with van der Waals surface area (Å²) in [6.45, 7) is 8.15. The molecule has 0 unspecified atom stereocenters. The molecule has 1 heteroatoms. The zero-order chi connectivity index (χ0) is 7.28. The van der Waals surface area contributed by atoms with Gasteiger partial charge in [-0.05, 0) is 25.5 Å². The van der Waals surface area contributed by atoms with Crippen LogP contribution in [-0.4, -0.2) is 4.98 Å². The van der Waals surface area contributed by atoms with Crippen molar-refractivity contribution in [3.63, 3.8) is 0 Å². The Balaban J connectivity index is 0.000000291. The fourth-order valence-electron chi connectivity index (χ4n) is 0.531. The third-order valence-corrected chi connectivity index (χ3v) is 1.22. The lowest BCUT2D eigenvalue weighted by molar-refractivity contribution is 1.23. The van der Waals surface area contributed by atoms with Gasteiger partial charge in [0, 0.05) is 11.9 Å². The van der Waals surface area contributed by atoms with Crippen LogP contribution in [0.2, 0.25) is 0 Å². The lowest BCUT2D eigenvalue weighted by atomic mass is 10.3. The Hall–Kier alpha value is -0.720. The second kappa shape index (κ2) is 4.19. The summed E-state index contributed by atoms with van der Waals surface area (Å²) in [7, 11) is 0. The van der Waals surface area contributed by atoms with Crippen LogP contribution in [0.3, 0.4) is 0 Å². The second-order valence-corrected chi connectivity index (χ2v) is 1.79. The molecule has 0 aliphatic heterocycles. The van der Waals surface area contributed by atoms with E-state index in [-0.39, 0.29) is 0 Å².